The Morgan fingerprint density at radius 1 is 1.58 bits per heavy atom. The highest BCUT2D eigenvalue weighted by molar-refractivity contribution is 7.83. The number of nitrogens with two attached hydrogens (primary N) is 1. The first kappa shape index (κ1) is 9.19. The Bertz CT molecular complexity index is 314. The van der Waals surface area contributed by atoms with Crippen LogP contribution >= 0.6 is 0 Å². The molecule has 1 aromatic rings. The molecule has 0 aromatic heterocycles. The molecule has 12 heavy (non-hydrogen) atoms. The Morgan fingerprint density at radius 2 is 2.25 bits per heavy atom. The first-order chi connectivity index (χ1) is 5.59. The fraction of sp³-hybridized carbons (Fsp3) is 0.250. The predicted octanol–water partition coefficient (Wildman–Crippen LogP) is 1.29. The molecule has 0 saturated heterocycles. The number of hydrogen-bond donors (Lipinski definition) is 1. The zero-order valence-electron chi connectivity index (χ0n) is 6.71. The van der Waals surface area contributed by atoms with E-state index in [1.807, 2.05) is 0 Å². The molecule has 0 radical (unpaired) electrons. The van der Waals surface area contributed by atoms with Gasteiger partial charge in [0.1, 0.15) is 5.82 Å². The van der Waals surface area contributed by atoms with E-state index < -0.39 is 10.8 Å². The number of nitrogen functional groups attached to an aromatic ring is 1. The van der Waals surface area contributed by atoms with E-state index in [0.717, 1.165) is 0 Å². The SMILES string of the molecule is C[S@](=O)Cc1cc(F)ccc1N. The van der Waals surface area contributed by atoms with Gasteiger partial charge in [0, 0.05) is 22.7 Å². The molecule has 0 aliphatic heterocycles. The summed E-state index contributed by atoms with van der Waals surface area (Å²) in [5.74, 6) is -0.0338. The summed E-state index contributed by atoms with van der Waals surface area (Å²) in [5.41, 5.74) is 6.64. The van der Waals surface area contributed by atoms with Crippen molar-refractivity contribution in [3.8, 4) is 0 Å². The molecule has 1 rings (SSSR count). The van der Waals surface area contributed by atoms with E-state index in [0.29, 0.717) is 17.0 Å². The quantitative estimate of drug-likeness (QED) is 0.709. The average Bonchev–Trinajstić information content (AvgIpc) is 1.96. The summed E-state index contributed by atoms with van der Waals surface area (Å²) >= 11 is 0. The van der Waals surface area contributed by atoms with Crippen molar-refractivity contribution in [2.45, 2.75) is 5.75 Å². The molecular formula is C8H10FNOS. The van der Waals surface area contributed by atoms with Gasteiger partial charge in [0.05, 0.1) is 5.75 Å². The van der Waals surface area contributed by atoms with Crippen molar-refractivity contribution in [2.75, 3.05) is 12.0 Å². The van der Waals surface area contributed by atoms with Crippen LogP contribution in [0.1, 0.15) is 5.56 Å². The second-order valence-corrected chi connectivity index (χ2v) is 4.00. The topological polar surface area (TPSA) is 43.1 Å². The van der Waals surface area contributed by atoms with E-state index >= 15 is 0 Å². The van der Waals surface area contributed by atoms with Gasteiger partial charge in [0.2, 0.25) is 0 Å². The summed E-state index contributed by atoms with van der Waals surface area (Å²) in [5, 5.41) is 0. The van der Waals surface area contributed by atoms with E-state index in [4.69, 9.17) is 5.73 Å². The van der Waals surface area contributed by atoms with Gasteiger partial charge in [-0.1, -0.05) is 0 Å². The molecule has 0 amide bonds. The fourth-order valence-electron chi connectivity index (χ4n) is 0.918. The lowest BCUT2D eigenvalue weighted by Crippen LogP contribution is -1.98. The average molecular weight is 187 g/mol. The summed E-state index contributed by atoms with van der Waals surface area (Å²) in [6.07, 6.45) is 1.56. The molecular weight excluding hydrogens is 177 g/mol. The van der Waals surface area contributed by atoms with Crippen molar-refractivity contribution in [1.29, 1.82) is 0 Å². The highest BCUT2D eigenvalue weighted by Crippen LogP contribution is 2.14. The lowest BCUT2D eigenvalue weighted by molar-refractivity contribution is 0.626. The van der Waals surface area contributed by atoms with Crippen molar-refractivity contribution in [3.63, 3.8) is 0 Å². The normalized spacial score (nSPS) is 12.8. The van der Waals surface area contributed by atoms with Gasteiger partial charge in [0.15, 0.2) is 0 Å². The fourth-order valence-corrected chi connectivity index (χ4v) is 1.61. The van der Waals surface area contributed by atoms with Gasteiger partial charge in [-0.3, -0.25) is 4.21 Å². The van der Waals surface area contributed by atoms with Gasteiger partial charge >= 0.3 is 0 Å². The van der Waals surface area contributed by atoms with Crippen LogP contribution < -0.4 is 5.73 Å². The van der Waals surface area contributed by atoms with Crippen LogP contribution in [0, 0.1) is 5.82 Å². The molecule has 0 aliphatic carbocycles. The minimum Gasteiger partial charge on any atom is -0.398 e. The lowest BCUT2D eigenvalue weighted by atomic mass is 10.2. The predicted molar refractivity (Wildman–Crippen MR) is 48.6 cm³/mol. The lowest BCUT2D eigenvalue weighted by Gasteiger charge is -2.02. The minimum atomic E-state index is -0.982. The zero-order chi connectivity index (χ0) is 9.14. The second-order valence-electron chi connectivity index (χ2n) is 2.56. The molecule has 0 heterocycles. The Kier molecular flexibility index (Phi) is 2.81. The molecule has 0 fully saturated rings. The van der Waals surface area contributed by atoms with Gasteiger partial charge in [-0.2, -0.15) is 0 Å². The van der Waals surface area contributed by atoms with Crippen LogP contribution in [0.15, 0.2) is 18.2 Å². The van der Waals surface area contributed by atoms with Crippen molar-refractivity contribution in [3.05, 3.63) is 29.6 Å². The smallest absolute Gasteiger partial charge is 0.123 e. The summed E-state index contributed by atoms with van der Waals surface area (Å²) in [6, 6.07) is 4.09. The van der Waals surface area contributed by atoms with Crippen LogP contribution in [0.2, 0.25) is 0 Å². The Labute approximate surface area is 73.0 Å². The molecule has 2 N–H and O–H groups in total. The molecule has 0 saturated carbocycles. The number of hydrogen-bond acceptors (Lipinski definition) is 2. The van der Waals surface area contributed by atoms with Crippen molar-refractivity contribution >= 4 is 16.5 Å². The highest BCUT2D eigenvalue weighted by Gasteiger charge is 2.02. The first-order valence-electron chi connectivity index (χ1n) is 3.43. The minimum absolute atomic E-state index is 0.309. The second kappa shape index (κ2) is 3.67. The van der Waals surface area contributed by atoms with Crippen LogP contribution in [0.25, 0.3) is 0 Å². The van der Waals surface area contributed by atoms with Gasteiger partial charge in [-0.25, -0.2) is 4.39 Å². The maximum Gasteiger partial charge on any atom is 0.123 e. The third kappa shape index (κ3) is 2.30. The zero-order valence-corrected chi connectivity index (χ0v) is 7.53. The van der Waals surface area contributed by atoms with Gasteiger partial charge in [-0.05, 0) is 23.8 Å². The van der Waals surface area contributed by atoms with E-state index in [1.165, 1.54) is 18.2 Å². The Hall–Kier alpha value is -0.900. The number of halogens is 1. The van der Waals surface area contributed by atoms with E-state index in [9.17, 15) is 8.60 Å². The molecule has 1 aromatic carbocycles. The summed E-state index contributed by atoms with van der Waals surface area (Å²) < 4.78 is 23.5. The summed E-state index contributed by atoms with van der Waals surface area (Å²) in [6.45, 7) is 0. The van der Waals surface area contributed by atoms with E-state index in [-0.39, 0.29) is 5.82 Å². The highest BCUT2D eigenvalue weighted by atomic mass is 32.2. The molecule has 0 bridgehead atoms. The van der Waals surface area contributed by atoms with E-state index in [1.54, 1.807) is 6.26 Å². The van der Waals surface area contributed by atoms with Crippen molar-refractivity contribution in [2.24, 2.45) is 0 Å². The molecule has 0 aliphatic rings. The van der Waals surface area contributed by atoms with Gasteiger partial charge in [-0.15, -0.1) is 0 Å². The van der Waals surface area contributed by atoms with Crippen LogP contribution in [0.3, 0.4) is 0 Å². The first-order valence-corrected chi connectivity index (χ1v) is 5.16. The van der Waals surface area contributed by atoms with Gasteiger partial charge < -0.3 is 5.73 Å². The third-order valence-corrected chi connectivity index (χ3v) is 2.18. The van der Waals surface area contributed by atoms with Crippen LogP contribution in [0.5, 0.6) is 0 Å². The summed E-state index contributed by atoms with van der Waals surface area (Å²) in [4.78, 5) is 0. The molecule has 0 unspecified atom stereocenters. The standard InChI is InChI=1S/C8H10FNOS/c1-12(11)5-6-4-7(9)2-3-8(6)10/h2-4H,5,10H2,1H3/t12-/m0/s1. The van der Waals surface area contributed by atoms with Gasteiger partial charge in [0.25, 0.3) is 0 Å². The van der Waals surface area contributed by atoms with E-state index in [2.05, 4.69) is 0 Å². The maximum absolute atomic E-state index is 12.6. The number of benzene rings is 1. The molecule has 2 nitrogen and oxygen atoms in total. The molecule has 0 spiro atoms. The largest absolute Gasteiger partial charge is 0.398 e. The molecule has 1 atom stereocenters. The number of rotatable bonds is 2. The van der Waals surface area contributed by atoms with Crippen LogP contribution in [-0.4, -0.2) is 10.5 Å². The Balaban J connectivity index is 2.97. The van der Waals surface area contributed by atoms with Crippen molar-refractivity contribution in [1.82, 2.24) is 0 Å². The third-order valence-electron chi connectivity index (χ3n) is 1.46. The molecule has 4 heteroatoms. The Morgan fingerprint density at radius 3 is 2.83 bits per heavy atom. The monoisotopic (exact) mass is 187 g/mol. The van der Waals surface area contributed by atoms with Crippen LogP contribution in [0.4, 0.5) is 10.1 Å². The van der Waals surface area contributed by atoms with Crippen molar-refractivity contribution < 1.29 is 8.60 Å². The summed E-state index contributed by atoms with van der Waals surface area (Å²) in [7, 11) is -0.982. The maximum atomic E-state index is 12.6. The van der Waals surface area contributed by atoms with Crippen LogP contribution in [-0.2, 0) is 16.6 Å². The molecule has 66 valence electrons. The number of anilines is 1.